The molecule has 1 N–H and O–H groups in total. The molecule has 0 bridgehead atoms. The lowest BCUT2D eigenvalue weighted by molar-refractivity contribution is -0.122. The topological polar surface area (TPSA) is 103 Å². The molecule has 0 spiro atoms. The number of aromatic nitrogens is 1. The minimum Gasteiger partial charge on any atom is -0.355 e. The maximum Gasteiger partial charge on any atom is 0.220 e. The van der Waals surface area contributed by atoms with Gasteiger partial charge in [-0.1, -0.05) is 6.08 Å². The SMILES string of the molecule is N#Cc1cccnc1N1CCC(NC(=O)C[C@@H]2C=CS(=O)(=O)C2)CC1. The van der Waals surface area contributed by atoms with Crippen LogP contribution in [0.5, 0.6) is 0 Å². The highest BCUT2D eigenvalue weighted by molar-refractivity contribution is 7.94. The van der Waals surface area contributed by atoms with Gasteiger partial charge in [-0.2, -0.15) is 5.26 Å². The molecule has 1 fully saturated rings. The van der Waals surface area contributed by atoms with E-state index in [1.807, 2.05) is 0 Å². The van der Waals surface area contributed by atoms with Gasteiger partial charge in [0.1, 0.15) is 11.9 Å². The molecule has 1 aromatic rings. The number of nitrogens with one attached hydrogen (secondary N) is 1. The number of allylic oxidation sites excluding steroid dienone is 1. The van der Waals surface area contributed by atoms with E-state index in [9.17, 15) is 18.5 Å². The predicted molar refractivity (Wildman–Crippen MR) is 93.4 cm³/mol. The normalized spacial score (nSPS) is 22.5. The number of anilines is 1. The van der Waals surface area contributed by atoms with Crippen LogP contribution in [0.2, 0.25) is 0 Å². The Morgan fingerprint density at radius 3 is 2.80 bits per heavy atom. The molecular formula is C17H20N4O3S. The summed E-state index contributed by atoms with van der Waals surface area (Å²) in [6, 6.07) is 5.72. The number of hydrogen-bond acceptors (Lipinski definition) is 6. The molecule has 3 heterocycles. The van der Waals surface area contributed by atoms with Gasteiger partial charge in [0.15, 0.2) is 9.84 Å². The van der Waals surface area contributed by atoms with Crippen LogP contribution in [0.3, 0.4) is 0 Å². The standard InChI is InChI=1S/C17H20N4O3S/c18-11-14-2-1-6-19-17(14)21-7-3-15(4-8-21)20-16(22)10-13-5-9-25(23,24)12-13/h1-2,5-6,9,13,15H,3-4,7-8,10,12H2,(H,20,22)/t13-/m0/s1. The van der Waals surface area contributed by atoms with E-state index >= 15 is 0 Å². The molecule has 2 aliphatic heterocycles. The Balaban J connectivity index is 1.49. The van der Waals surface area contributed by atoms with Gasteiger partial charge in [0.25, 0.3) is 0 Å². The number of rotatable bonds is 4. The molecular weight excluding hydrogens is 340 g/mol. The number of nitrogens with zero attached hydrogens (tertiary/aromatic N) is 3. The van der Waals surface area contributed by atoms with Crippen LogP contribution in [0, 0.1) is 17.2 Å². The van der Waals surface area contributed by atoms with Crippen molar-refractivity contribution in [3.8, 4) is 6.07 Å². The lowest BCUT2D eigenvalue weighted by Crippen LogP contribution is -2.45. The van der Waals surface area contributed by atoms with Crippen molar-refractivity contribution in [2.45, 2.75) is 25.3 Å². The Morgan fingerprint density at radius 2 is 2.16 bits per heavy atom. The second-order valence-corrected chi connectivity index (χ2v) is 8.37. The minimum atomic E-state index is -3.12. The number of amides is 1. The summed E-state index contributed by atoms with van der Waals surface area (Å²) in [5.74, 6) is 0.378. The van der Waals surface area contributed by atoms with Crippen LogP contribution in [0.1, 0.15) is 24.8 Å². The summed E-state index contributed by atoms with van der Waals surface area (Å²) in [7, 11) is -3.12. The first kappa shape index (κ1) is 17.4. The van der Waals surface area contributed by atoms with Gasteiger partial charge in [-0.25, -0.2) is 13.4 Å². The van der Waals surface area contributed by atoms with Gasteiger partial charge in [0, 0.05) is 43.1 Å². The zero-order valence-corrected chi connectivity index (χ0v) is 14.6. The largest absolute Gasteiger partial charge is 0.355 e. The van der Waals surface area contributed by atoms with E-state index in [-0.39, 0.29) is 30.0 Å². The highest BCUT2D eigenvalue weighted by Gasteiger charge is 2.26. The van der Waals surface area contributed by atoms with E-state index in [2.05, 4.69) is 21.3 Å². The first-order valence-corrected chi connectivity index (χ1v) is 9.99. The van der Waals surface area contributed by atoms with Crippen molar-refractivity contribution in [3.63, 3.8) is 0 Å². The summed E-state index contributed by atoms with van der Waals surface area (Å²) in [5, 5.41) is 13.4. The Hall–Kier alpha value is -2.40. The number of hydrogen-bond donors (Lipinski definition) is 1. The maximum absolute atomic E-state index is 12.1. The molecule has 0 saturated carbocycles. The molecule has 1 saturated heterocycles. The molecule has 25 heavy (non-hydrogen) atoms. The van der Waals surface area contributed by atoms with Gasteiger partial charge < -0.3 is 10.2 Å². The number of carbonyl (C=O) groups is 1. The molecule has 3 rings (SSSR count). The monoisotopic (exact) mass is 360 g/mol. The molecule has 0 aromatic carbocycles. The Labute approximate surface area is 147 Å². The fourth-order valence-corrected chi connectivity index (χ4v) is 4.66. The van der Waals surface area contributed by atoms with Crippen molar-refractivity contribution in [2.24, 2.45) is 5.92 Å². The summed E-state index contributed by atoms with van der Waals surface area (Å²) >= 11 is 0. The summed E-state index contributed by atoms with van der Waals surface area (Å²) in [4.78, 5) is 18.5. The fourth-order valence-electron chi connectivity index (χ4n) is 3.26. The first-order chi connectivity index (χ1) is 12.0. The fraction of sp³-hybridized carbons (Fsp3) is 0.471. The Morgan fingerprint density at radius 1 is 1.40 bits per heavy atom. The van der Waals surface area contributed by atoms with Crippen molar-refractivity contribution in [2.75, 3.05) is 23.7 Å². The van der Waals surface area contributed by atoms with Gasteiger partial charge in [-0.15, -0.1) is 0 Å². The number of pyridine rings is 1. The number of nitriles is 1. The van der Waals surface area contributed by atoms with Crippen molar-refractivity contribution in [3.05, 3.63) is 35.4 Å². The highest BCUT2D eigenvalue weighted by atomic mass is 32.2. The third-order valence-corrected chi connectivity index (χ3v) is 5.98. The lowest BCUT2D eigenvalue weighted by atomic mass is 10.0. The van der Waals surface area contributed by atoms with Crippen LogP contribution in [0.15, 0.2) is 29.8 Å². The van der Waals surface area contributed by atoms with E-state index in [1.54, 1.807) is 24.4 Å². The number of piperidine rings is 1. The van der Waals surface area contributed by atoms with E-state index < -0.39 is 9.84 Å². The summed E-state index contributed by atoms with van der Waals surface area (Å²) in [6.45, 7) is 1.43. The van der Waals surface area contributed by atoms with Crippen molar-refractivity contribution < 1.29 is 13.2 Å². The van der Waals surface area contributed by atoms with Gasteiger partial charge in [-0.3, -0.25) is 4.79 Å². The van der Waals surface area contributed by atoms with Crippen LogP contribution in [-0.2, 0) is 14.6 Å². The molecule has 1 amide bonds. The van der Waals surface area contributed by atoms with Crippen LogP contribution < -0.4 is 10.2 Å². The highest BCUT2D eigenvalue weighted by Crippen LogP contribution is 2.22. The zero-order valence-electron chi connectivity index (χ0n) is 13.8. The van der Waals surface area contributed by atoms with Crippen molar-refractivity contribution in [1.82, 2.24) is 10.3 Å². The molecule has 1 atom stereocenters. The number of carbonyl (C=O) groups excluding carboxylic acids is 1. The second-order valence-electron chi connectivity index (χ2n) is 6.44. The predicted octanol–water partition coefficient (Wildman–Crippen LogP) is 0.987. The van der Waals surface area contributed by atoms with Crippen LogP contribution in [-0.4, -0.2) is 44.2 Å². The van der Waals surface area contributed by atoms with E-state index in [0.717, 1.165) is 12.8 Å². The van der Waals surface area contributed by atoms with Gasteiger partial charge in [0.05, 0.1) is 11.3 Å². The van der Waals surface area contributed by atoms with E-state index in [0.29, 0.717) is 24.5 Å². The Kier molecular flexibility index (Phi) is 5.04. The molecule has 0 radical (unpaired) electrons. The van der Waals surface area contributed by atoms with E-state index in [4.69, 9.17) is 0 Å². The lowest BCUT2D eigenvalue weighted by Gasteiger charge is -2.33. The quantitative estimate of drug-likeness (QED) is 0.859. The molecule has 0 unspecified atom stereocenters. The van der Waals surface area contributed by atoms with Gasteiger partial charge in [-0.05, 0) is 25.0 Å². The third kappa shape index (κ3) is 4.37. The Bertz CT molecular complexity index is 821. The molecule has 8 heteroatoms. The molecule has 7 nitrogen and oxygen atoms in total. The smallest absolute Gasteiger partial charge is 0.220 e. The van der Waals surface area contributed by atoms with Crippen molar-refractivity contribution in [1.29, 1.82) is 5.26 Å². The summed E-state index contributed by atoms with van der Waals surface area (Å²) < 4.78 is 22.8. The van der Waals surface area contributed by atoms with Gasteiger partial charge in [0.2, 0.25) is 5.91 Å². The first-order valence-electron chi connectivity index (χ1n) is 8.27. The summed E-state index contributed by atoms with van der Waals surface area (Å²) in [5.41, 5.74) is 0.555. The van der Waals surface area contributed by atoms with Crippen LogP contribution in [0.4, 0.5) is 5.82 Å². The average Bonchev–Trinajstić information content (AvgIpc) is 2.94. The number of sulfone groups is 1. The van der Waals surface area contributed by atoms with Crippen molar-refractivity contribution >= 4 is 21.6 Å². The zero-order chi connectivity index (χ0) is 17.9. The third-order valence-electron chi connectivity index (χ3n) is 4.52. The molecule has 132 valence electrons. The summed E-state index contributed by atoms with van der Waals surface area (Å²) in [6.07, 6.45) is 5.02. The van der Waals surface area contributed by atoms with Crippen LogP contribution >= 0.6 is 0 Å². The molecule has 1 aromatic heterocycles. The van der Waals surface area contributed by atoms with E-state index in [1.165, 1.54) is 5.41 Å². The second kappa shape index (κ2) is 7.23. The molecule has 0 aliphatic carbocycles. The molecule has 2 aliphatic rings. The van der Waals surface area contributed by atoms with Crippen LogP contribution in [0.25, 0.3) is 0 Å². The maximum atomic E-state index is 12.1. The average molecular weight is 360 g/mol. The minimum absolute atomic E-state index is 0.0233. The van der Waals surface area contributed by atoms with Gasteiger partial charge >= 0.3 is 0 Å².